The van der Waals surface area contributed by atoms with Gasteiger partial charge in [0.25, 0.3) is 5.70 Å². The van der Waals surface area contributed by atoms with E-state index in [1.54, 1.807) is 47.8 Å². The second-order valence-corrected chi connectivity index (χ2v) is 23.8. The van der Waals surface area contributed by atoms with Crippen LogP contribution in [0, 0.1) is 24.5 Å². The molecule has 1 aliphatic rings. The van der Waals surface area contributed by atoms with Gasteiger partial charge in [-0.2, -0.15) is 13.2 Å². The maximum absolute atomic E-state index is 13.4. The second kappa shape index (κ2) is 18.1. The summed E-state index contributed by atoms with van der Waals surface area (Å²) >= 11 is 3.40. The first-order valence-corrected chi connectivity index (χ1v) is 24.3. The molecule has 0 bridgehead atoms. The van der Waals surface area contributed by atoms with Gasteiger partial charge in [-0.1, -0.05) is 134 Å². The van der Waals surface area contributed by atoms with Gasteiger partial charge >= 0.3 is 6.18 Å². The summed E-state index contributed by atoms with van der Waals surface area (Å²) in [7, 11) is 0.0529. The molecule has 3 heterocycles. The van der Waals surface area contributed by atoms with E-state index in [-0.39, 0.29) is 16.5 Å². The molecule has 0 aliphatic carbocycles. The lowest BCUT2D eigenvalue weighted by molar-refractivity contribution is -0.137. The largest absolute Gasteiger partial charge is 0.500 e. The summed E-state index contributed by atoms with van der Waals surface area (Å²) in [5.41, 5.74) is 0.341. The Labute approximate surface area is 376 Å². The van der Waals surface area contributed by atoms with E-state index in [4.69, 9.17) is 17.9 Å². The zero-order valence-corrected chi connectivity index (χ0v) is 38.3. The number of thiophene rings is 2. The molecule has 1 atom stereocenters. The molecule has 0 spiro atoms. The number of nitriles is 1. The van der Waals surface area contributed by atoms with E-state index >= 15 is 0 Å². The second-order valence-electron chi connectivity index (χ2n) is 16.7. The first kappa shape index (κ1) is 44.6. The van der Waals surface area contributed by atoms with Crippen LogP contribution >= 0.6 is 22.7 Å². The summed E-state index contributed by atoms with van der Waals surface area (Å²) in [6, 6.07) is 42.9. The van der Waals surface area contributed by atoms with Gasteiger partial charge in [-0.3, -0.25) is 0 Å². The van der Waals surface area contributed by atoms with Gasteiger partial charge in [0, 0.05) is 44.0 Å². The maximum atomic E-state index is 13.4. The zero-order chi connectivity index (χ0) is 45.0. The minimum Gasteiger partial charge on any atom is -0.500 e. The van der Waals surface area contributed by atoms with Crippen molar-refractivity contribution in [2.45, 2.75) is 57.0 Å². The minimum absolute atomic E-state index is 0.0373. The molecular weight excluding hydrogens is 846 g/mol. The van der Waals surface area contributed by atoms with Crippen LogP contribution in [0.5, 0.6) is 0 Å². The summed E-state index contributed by atoms with van der Waals surface area (Å²) in [5.74, 6) is -0.188. The highest BCUT2D eigenvalue weighted by Gasteiger charge is 2.47. The molecule has 11 heteroatoms. The fourth-order valence-corrected chi connectivity index (χ4v) is 16.5. The van der Waals surface area contributed by atoms with Crippen molar-refractivity contribution < 1.29 is 17.9 Å². The van der Waals surface area contributed by atoms with Crippen molar-refractivity contribution in [3.63, 3.8) is 0 Å². The van der Waals surface area contributed by atoms with Gasteiger partial charge in [-0.15, -0.1) is 22.7 Å². The van der Waals surface area contributed by atoms with Gasteiger partial charge in [0.1, 0.15) is 19.4 Å². The normalized spacial score (nSPS) is 16.6. The lowest BCUT2D eigenvalue weighted by atomic mass is 9.87. The van der Waals surface area contributed by atoms with Crippen molar-refractivity contribution in [1.29, 1.82) is 5.26 Å². The number of ether oxygens (including phenoxy) is 1. The quantitative estimate of drug-likeness (QED) is 0.0532. The van der Waals surface area contributed by atoms with Crippen LogP contribution < -0.4 is 15.3 Å². The Morgan fingerprint density at radius 3 is 1.98 bits per heavy atom. The molecule has 0 saturated carbocycles. The fraction of sp³-hybridized carbons (Fsp3) is 0.212. The summed E-state index contributed by atoms with van der Waals surface area (Å²) < 4.78 is 48.5. The predicted octanol–water partition coefficient (Wildman–Crippen LogP) is 13.9. The number of alkyl halides is 3. The molecule has 0 N–H and O–H groups in total. The Morgan fingerprint density at radius 1 is 0.841 bits per heavy atom. The number of fused-ring (bicyclic) bond motifs is 1. The number of hydrogen-bond acceptors (Lipinski definition) is 5. The Morgan fingerprint density at radius 2 is 1.44 bits per heavy atom. The van der Waals surface area contributed by atoms with Crippen LogP contribution in [0.2, 0.25) is 11.1 Å². The minimum atomic E-state index is -4.53. The number of halogens is 3. The Kier molecular flexibility index (Phi) is 12.8. The zero-order valence-electron chi connectivity index (χ0n) is 35.6. The van der Waals surface area contributed by atoms with E-state index < -0.39 is 31.1 Å². The highest BCUT2D eigenvalue weighted by atomic mass is 32.1. The van der Waals surface area contributed by atoms with Gasteiger partial charge in [-0.05, 0) is 78.0 Å². The average molecular weight is 891 g/mol. The molecule has 1 aliphatic heterocycles. The molecule has 6 aromatic rings. The molecule has 0 fully saturated rings. The predicted molar refractivity (Wildman–Crippen MR) is 256 cm³/mol. The summed E-state index contributed by atoms with van der Waals surface area (Å²) in [4.78, 5) is 11.4. The van der Waals surface area contributed by atoms with Crippen LogP contribution in [-0.2, 0) is 16.5 Å². The van der Waals surface area contributed by atoms with Crippen LogP contribution in [0.4, 0.5) is 18.9 Å². The van der Waals surface area contributed by atoms with Crippen LogP contribution in [0.1, 0.15) is 50.1 Å². The first-order valence-electron chi connectivity index (χ1n) is 20.4. The van der Waals surface area contributed by atoms with E-state index in [2.05, 4.69) is 139 Å². The van der Waals surface area contributed by atoms with Gasteiger partial charge in [0.05, 0.1) is 24.8 Å². The third-order valence-electron chi connectivity index (χ3n) is 11.9. The molecule has 5 nitrogen and oxygen atoms in total. The van der Waals surface area contributed by atoms with E-state index in [0.29, 0.717) is 11.1 Å². The number of allylic oxidation sites excluding steroid dienone is 3. The molecule has 0 amide bonds. The first-order chi connectivity index (χ1) is 30.1. The molecule has 1 unspecified atom stereocenters. The number of benzene rings is 4. The third-order valence-corrected chi connectivity index (χ3v) is 20.5. The maximum Gasteiger partial charge on any atom is 0.416 e. The van der Waals surface area contributed by atoms with E-state index in [9.17, 15) is 18.4 Å². The molecule has 0 radical (unpaired) electrons. The third kappa shape index (κ3) is 8.94. The van der Waals surface area contributed by atoms with E-state index in [1.165, 1.54) is 33.1 Å². The van der Waals surface area contributed by atoms with Crippen molar-refractivity contribution in [2.75, 3.05) is 18.5 Å². The molecule has 316 valence electrons. The fourth-order valence-electron chi connectivity index (χ4n) is 8.60. The van der Waals surface area contributed by atoms with Crippen LogP contribution in [0.15, 0.2) is 162 Å². The topological polar surface area (TPSA) is 45.0 Å². The average Bonchev–Trinajstić information content (AvgIpc) is 3.94. The molecule has 2 aromatic heterocycles. The van der Waals surface area contributed by atoms with E-state index in [0.717, 1.165) is 51.0 Å². The van der Waals surface area contributed by atoms with Gasteiger partial charge in [0.2, 0.25) is 5.70 Å². The van der Waals surface area contributed by atoms with Crippen LogP contribution in [0.3, 0.4) is 0 Å². The van der Waals surface area contributed by atoms with Crippen molar-refractivity contribution in [1.82, 2.24) is 0 Å². The van der Waals surface area contributed by atoms with Crippen molar-refractivity contribution in [3.05, 3.63) is 201 Å². The monoisotopic (exact) mass is 890 g/mol. The highest BCUT2D eigenvalue weighted by molar-refractivity contribution is 7.29. The summed E-state index contributed by atoms with van der Waals surface area (Å²) in [6.45, 7) is 25.1. The number of rotatable bonds is 12. The van der Waals surface area contributed by atoms with Crippen LogP contribution in [0.25, 0.3) is 35.6 Å². The van der Waals surface area contributed by atoms with E-state index in [1.807, 2.05) is 12.2 Å². The Balaban J connectivity index is 1.04. The Hall–Kier alpha value is -6.42. The lowest BCUT2D eigenvalue weighted by Crippen LogP contribution is -2.64. The van der Waals surface area contributed by atoms with Crippen molar-refractivity contribution in [2.24, 2.45) is 0 Å². The summed E-state index contributed by atoms with van der Waals surface area (Å²) in [5, 5.41) is 12.7. The van der Waals surface area contributed by atoms with Gasteiger partial charge < -0.3 is 9.64 Å². The number of hydrogen-bond donors (Lipinski definition) is 0. The lowest BCUT2D eigenvalue weighted by Gasteiger charge is -2.44. The molecule has 7 rings (SSSR count). The SMILES string of the molecule is [C-]#[N+]C1=C(/C=C/C=C/c2cc3sc(-c4ccc(N(C)CCC[Si](c5ccccc5)(c5ccccc5)C(C)(C)C)cc4)cc3s2)C(C)(c2ccc(C(F)(F)F)cc2)O/C1=C(\C#N)[N+]#[C-]. The summed E-state index contributed by atoms with van der Waals surface area (Å²) in [6.07, 6.45) is 3.71. The molecule has 4 aromatic carbocycles. The standard InChI is InChI=1S/C52H45F3N4OS2Si/c1-50(2,3)63(41-18-10-8-11-19-41,42-20-12-9-13-21-42)32-16-31-59(7)39-29-23-36(24-30-39)45-34-47-46(62-45)33-40(61-47)17-14-15-22-43-48(58-6)49(44(35-56)57-5)60-51(43,4)37-25-27-38(28-26-37)52(53,54)55/h8-15,17-30,33-34H,16,31-32H2,1-4,7H3/b17-14+,22-15+,49-44+. The van der Waals surface area contributed by atoms with Crippen molar-refractivity contribution >= 4 is 62.3 Å². The van der Waals surface area contributed by atoms with Crippen LogP contribution in [-0.4, -0.2) is 21.7 Å². The van der Waals surface area contributed by atoms with Gasteiger partial charge in [-0.25, -0.2) is 15.0 Å². The smallest absolute Gasteiger partial charge is 0.416 e. The highest BCUT2D eigenvalue weighted by Crippen LogP contribution is 2.48. The molecule has 0 saturated heterocycles. The molecular formula is C52H45F3N4OS2Si. The molecule has 63 heavy (non-hydrogen) atoms. The number of nitrogens with zero attached hydrogens (tertiary/aromatic N) is 4. The van der Waals surface area contributed by atoms with Crippen molar-refractivity contribution in [3.8, 4) is 16.5 Å². The Bertz CT molecular complexity index is 2780. The number of anilines is 1. The van der Waals surface area contributed by atoms with Gasteiger partial charge in [0.15, 0.2) is 0 Å².